The zero-order valence-corrected chi connectivity index (χ0v) is 26.6. The third-order valence-corrected chi connectivity index (χ3v) is 8.66. The minimum atomic E-state index is -0.673. The molecule has 0 aromatic heterocycles. The molecule has 0 radical (unpaired) electrons. The van der Waals surface area contributed by atoms with Crippen molar-refractivity contribution in [2.75, 3.05) is 13.2 Å². The van der Waals surface area contributed by atoms with Crippen LogP contribution in [0.5, 0.6) is 0 Å². The maximum atomic E-state index is 13.7. The lowest BCUT2D eigenvalue weighted by Gasteiger charge is -2.36. The van der Waals surface area contributed by atoms with Crippen LogP contribution in [0.25, 0.3) is 0 Å². The number of nitrogens with one attached hydrogen (secondary N) is 1. The lowest BCUT2D eigenvalue weighted by Crippen LogP contribution is -2.47. The largest absolute Gasteiger partial charge is 0.463 e. The monoisotopic (exact) mass is 622 g/mol. The molecule has 7 nitrogen and oxygen atoms in total. The molecule has 1 heterocycles. The molecule has 46 heavy (non-hydrogen) atoms. The van der Waals surface area contributed by atoms with Crippen LogP contribution in [0.2, 0.25) is 0 Å². The van der Waals surface area contributed by atoms with E-state index in [2.05, 4.69) is 18.5 Å². The highest BCUT2D eigenvalue weighted by Gasteiger charge is 2.33. The second kappa shape index (κ2) is 17.9. The first-order chi connectivity index (χ1) is 22.4. The van der Waals surface area contributed by atoms with E-state index in [9.17, 15) is 19.5 Å². The van der Waals surface area contributed by atoms with Gasteiger partial charge in [-0.15, -0.1) is 13.2 Å². The van der Waals surface area contributed by atoms with Gasteiger partial charge in [0, 0.05) is 13.0 Å². The minimum absolute atomic E-state index is 0.0275. The van der Waals surface area contributed by atoms with Gasteiger partial charge in [-0.2, -0.15) is 0 Å². The van der Waals surface area contributed by atoms with E-state index in [1.807, 2.05) is 91.0 Å². The van der Waals surface area contributed by atoms with Crippen LogP contribution in [0.3, 0.4) is 0 Å². The van der Waals surface area contributed by atoms with E-state index < -0.39 is 12.0 Å². The molecule has 3 aromatic rings. The number of amides is 2. The minimum Gasteiger partial charge on any atom is -0.463 e. The Bertz CT molecular complexity index is 1440. The number of carbonyl (C=O) groups is 3. The molecule has 1 aliphatic heterocycles. The van der Waals surface area contributed by atoms with Crippen molar-refractivity contribution in [3.63, 3.8) is 0 Å². The molecular weight excluding hydrogens is 576 g/mol. The number of ether oxygens (including phenoxy) is 1. The SMILES string of the molecule is C=CCCC[C@H](Cc1ccccc1)C(=O)OC[C@H](NC(=O)[C@H](CC=C)CC(=O)N1Cc2ccccc2C[C@H]1CO)c1ccccc1. The molecule has 3 aromatic carbocycles. The van der Waals surface area contributed by atoms with Crippen molar-refractivity contribution in [1.29, 1.82) is 0 Å². The standard InChI is InChI=1S/C39H46N2O5/c1-3-5-8-21-33(23-29-16-9-6-10-17-29)39(45)46-28-36(30-18-11-7-12-19-30)40-38(44)32(15-4-2)25-37(43)41-26-34-22-14-13-20-31(34)24-35(41)27-42/h3-4,6-7,9-14,16-20,22,32-33,35-36,42H,1-2,5,8,15,21,23-28H2,(H,40,44)/t32-,33-,35+,36+/m1/s1. The molecule has 4 rings (SSSR count). The Kier molecular flexibility index (Phi) is 13.3. The fourth-order valence-corrected chi connectivity index (χ4v) is 6.04. The Balaban J connectivity index is 1.45. The van der Waals surface area contributed by atoms with Crippen molar-refractivity contribution in [2.24, 2.45) is 11.8 Å². The van der Waals surface area contributed by atoms with E-state index in [0.717, 1.165) is 35.1 Å². The number of esters is 1. The molecule has 1 aliphatic rings. The molecule has 0 unspecified atom stereocenters. The number of fused-ring (bicyclic) bond motifs is 1. The number of hydrogen-bond donors (Lipinski definition) is 2. The van der Waals surface area contributed by atoms with Crippen LogP contribution < -0.4 is 5.32 Å². The molecule has 7 heteroatoms. The predicted molar refractivity (Wildman–Crippen MR) is 180 cm³/mol. The Labute approximate surface area is 273 Å². The maximum Gasteiger partial charge on any atom is 0.309 e. The zero-order chi connectivity index (χ0) is 32.7. The normalized spacial score (nSPS) is 15.9. The van der Waals surface area contributed by atoms with Gasteiger partial charge in [0.05, 0.1) is 30.5 Å². The number of nitrogens with zero attached hydrogens (tertiary/aromatic N) is 1. The van der Waals surface area contributed by atoms with Gasteiger partial charge < -0.3 is 20.1 Å². The molecule has 2 amide bonds. The van der Waals surface area contributed by atoms with Gasteiger partial charge in [-0.1, -0.05) is 97.1 Å². The van der Waals surface area contributed by atoms with Crippen LogP contribution in [0.1, 0.15) is 60.4 Å². The van der Waals surface area contributed by atoms with Gasteiger partial charge in [-0.3, -0.25) is 14.4 Å². The van der Waals surface area contributed by atoms with Crippen molar-refractivity contribution in [2.45, 2.75) is 63.6 Å². The lowest BCUT2D eigenvalue weighted by molar-refractivity contribution is -0.150. The predicted octanol–water partition coefficient (Wildman–Crippen LogP) is 6.13. The molecule has 242 valence electrons. The average molecular weight is 623 g/mol. The number of allylic oxidation sites excluding steroid dienone is 2. The number of rotatable bonds is 17. The summed E-state index contributed by atoms with van der Waals surface area (Å²) in [5.74, 6) is -1.81. The van der Waals surface area contributed by atoms with Crippen molar-refractivity contribution >= 4 is 17.8 Å². The van der Waals surface area contributed by atoms with Crippen LogP contribution in [-0.4, -0.2) is 47.0 Å². The summed E-state index contributed by atoms with van der Waals surface area (Å²) in [6, 6.07) is 26.3. The van der Waals surface area contributed by atoms with Gasteiger partial charge in [-0.05, 0) is 60.8 Å². The summed E-state index contributed by atoms with van der Waals surface area (Å²) in [5, 5.41) is 13.1. The molecule has 0 fully saturated rings. The van der Waals surface area contributed by atoms with Crippen LogP contribution in [0, 0.1) is 11.8 Å². The highest BCUT2D eigenvalue weighted by atomic mass is 16.5. The van der Waals surface area contributed by atoms with E-state index >= 15 is 0 Å². The summed E-state index contributed by atoms with van der Waals surface area (Å²) in [6.07, 6.45) is 7.21. The molecule has 0 bridgehead atoms. The first-order valence-corrected chi connectivity index (χ1v) is 16.2. The molecule has 0 aliphatic carbocycles. The fourth-order valence-electron chi connectivity index (χ4n) is 6.04. The Morgan fingerprint density at radius 1 is 0.913 bits per heavy atom. The molecule has 0 saturated carbocycles. The highest BCUT2D eigenvalue weighted by Crippen LogP contribution is 2.26. The molecular formula is C39H46N2O5. The quantitative estimate of drug-likeness (QED) is 0.107. The van der Waals surface area contributed by atoms with Crippen LogP contribution in [-0.2, 0) is 38.5 Å². The average Bonchev–Trinajstić information content (AvgIpc) is 3.09. The number of hydrogen-bond acceptors (Lipinski definition) is 5. The number of carbonyl (C=O) groups excluding carboxylic acids is 3. The smallest absolute Gasteiger partial charge is 0.309 e. The third-order valence-electron chi connectivity index (χ3n) is 8.66. The lowest BCUT2D eigenvalue weighted by atomic mass is 9.92. The Morgan fingerprint density at radius 2 is 1.59 bits per heavy atom. The summed E-state index contributed by atoms with van der Waals surface area (Å²) in [4.78, 5) is 42.5. The van der Waals surface area contributed by atoms with Gasteiger partial charge in [-0.25, -0.2) is 0 Å². The van der Waals surface area contributed by atoms with Gasteiger partial charge in [0.2, 0.25) is 11.8 Å². The number of aliphatic hydroxyl groups is 1. The van der Waals surface area contributed by atoms with Crippen molar-refractivity contribution < 1.29 is 24.2 Å². The number of aliphatic hydroxyl groups excluding tert-OH is 1. The highest BCUT2D eigenvalue weighted by molar-refractivity contribution is 5.86. The molecule has 2 N–H and O–H groups in total. The van der Waals surface area contributed by atoms with Gasteiger partial charge in [0.25, 0.3) is 0 Å². The molecule has 0 spiro atoms. The van der Waals surface area contributed by atoms with E-state index in [0.29, 0.717) is 32.2 Å². The second-order valence-electron chi connectivity index (χ2n) is 12.0. The van der Waals surface area contributed by atoms with E-state index in [1.165, 1.54) is 0 Å². The second-order valence-corrected chi connectivity index (χ2v) is 12.0. The van der Waals surface area contributed by atoms with Crippen LogP contribution in [0.15, 0.2) is 110 Å². The maximum absolute atomic E-state index is 13.7. The zero-order valence-electron chi connectivity index (χ0n) is 26.6. The third kappa shape index (κ3) is 9.75. The van der Waals surface area contributed by atoms with Crippen molar-refractivity contribution in [3.05, 3.63) is 132 Å². The van der Waals surface area contributed by atoms with Crippen LogP contribution in [0.4, 0.5) is 0 Å². The Hall–Kier alpha value is -4.49. The molecule has 4 atom stereocenters. The summed E-state index contributed by atoms with van der Waals surface area (Å²) in [7, 11) is 0. The summed E-state index contributed by atoms with van der Waals surface area (Å²) < 4.78 is 5.90. The number of benzene rings is 3. The number of unbranched alkanes of at least 4 members (excludes halogenated alkanes) is 1. The van der Waals surface area contributed by atoms with Crippen LogP contribution >= 0.6 is 0 Å². The van der Waals surface area contributed by atoms with Crippen molar-refractivity contribution in [3.8, 4) is 0 Å². The van der Waals surface area contributed by atoms with Gasteiger partial charge in [0.15, 0.2) is 0 Å². The van der Waals surface area contributed by atoms with E-state index in [-0.39, 0.29) is 49.4 Å². The van der Waals surface area contributed by atoms with E-state index in [4.69, 9.17) is 4.74 Å². The van der Waals surface area contributed by atoms with Gasteiger partial charge in [0.1, 0.15) is 6.61 Å². The summed E-state index contributed by atoms with van der Waals surface area (Å²) in [5.41, 5.74) is 4.03. The first kappa shape index (κ1) is 34.4. The summed E-state index contributed by atoms with van der Waals surface area (Å²) in [6.45, 7) is 7.82. The topological polar surface area (TPSA) is 95.9 Å². The van der Waals surface area contributed by atoms with Gasteiger partial charge >= 0.3 is 5.97 Å². The fraction of sp³-hybridized carbons (Fsp3) is 0.359. The summed E-state index contributed by atoms with van der Waals surface area (Å²) >= 11 is 0. The first-order valence-electron chi connectivity index (χ1n) is 16.2. The van der Waals surface area contributed by atoms with E-state index in [1.54, 1.807) is 11.0 Å². The van der Waals surface area contributed by atoms with Crippen molar-refractivity contribution in [1.82, 2.24) is 10.2 Å². The Morgan fingerprint density at radius 3 is 2.26 bits per heavy atom. The molecule has 0 saturated heterocycles.